The number of anilines is 1. The smallest absolute Gasteiger partial charge is 0.405 e. The van der Waals surface area contributed by atoms with Gasteiger partial charge in [0.1, 0.15) is 11.6 Å². The first-order valence-electron chi connectivity index (χ1n) is 10.9. The normalized spacial score (nSPS) is 16.9. The van der Waals surface area contributed by atoms with Gasteiger partial charge in [-0.25, -0.2) is 4.79 Å². The molecule has 2 saturated carbocycles. The first-order chi connectivity index (χ1) is 15.2. The van der Waals surface area contributed by atoms with Crippen molar-refractivity contribution in [2.24, 2.45) is 11.7 Å². The molecule has 0 spiro atoms. The number of aromatic nitrogens is 2. The summed E-state index contributed by atoms with van der Waals surface area (Å²) in [5, 5.41) is 3.12. The van der Waals surface area contributed by atoms with Crippen LogP contribution in [0.25, 0.3) is 5.69 Å². The molecule has 0 radical (unpaired) electrons. The third kappa shape index (κ3) is 7.83. The molecular weight excluding hydrogens is 423 g/mol. The van der Waals surface area contributed by atoms with Crippen LogP contribution in [0, 0.1) is 5.92 Å². The summed E-state index contributed by atoms with van der Waals surface area (Å²) in [7, 11) is 0. The molecular formula is C22H30F3N5O2. The highest BCUT2D eigenvalue weighted by Crippen LogP contribution is 2.30. The van der Waals surface area contributed by atoms with Gasteiger partial charge in [0.05, 0.1) is 5.69 Å². The monoisotopic (exact) mass is 453 g/mol. The van der Waals surface area contributed by atoms with E-state index in [1.165, 1.54) is 62.6 Å². The minimum Gasteiger partial charge on any atom is -0.405 e. The zero-order valence-corrected chi connectivity index (χ0v) is 17.9. The lowest BCUT2D eigenvalue weighted by Crippen LogP contribution is -2.23. The summed E-state index contributed by atoms with van der Waals surface area (Å²) < 4.78 is 43.4. The van der Waals surface area contributed by atoms with Gasteiger partial charge < -0.3 is 21.5 Å². The van der Waals surface area contributed by atoms with Crippen LogP contribution in [0.5, 0.6) is 5.75 Å². The van der Waals surface area contributed by atoms with Crippen molar-refractivity contribution in [3.63, 3.8) is 0 Å². The molecule has 10 heteroatoms. The Labute approximate surface area is 185 Å². The molecule has 1 aromatic carbocycles. The predicted octanol–water partition coefficient (Wildman–Crippen LogP) is 3.49. The molecule has 0 saturated heterocycles. The summed E-state index contributed by atoms with van der Waals surface area (Å²) in [6.45, 7) is 1.01. The molecule has 0 aliphatic heterocycles. The van der Waals surface area contributed by atoms with E-state index in [-0.39, 0.29) is 23.8 Å². The van der Waals surface area contributed by atoms with Gasteiger partial charge in [0.25, 0.3) is 0 Å². The fourth-order valence-electron chi connectivity index (χ4n) is 3.54. The number of nitrogens with zero attached hydrogens (tertiary/aromatic N) is 2. The maximum Gasteiger partial charge on any atom is 0.573 e. The quantitative estimate of drug-likeness (QED) is 0.618. The fourth-order valence-corrected chi connectivity index (χ4v) is 3.54. The number of halogens is 3. The molecule has 176 valence electrons. The lowest BCUT2D eigenvalue weighted by atomic mass is 9.97. The highest BCUT2D eigenvalue weighted by molar-refractivity contribution is 5.45. The molecule has 1 heterocycles. The predicted molar refractivity (Wildman–Crippen MR) is 116 cm³/mol. The maximum absolute atomic E-state index is 12.7. The number of ether oxygens (including phenoxy) is 1. The maximum atomic E-state index is 12.7. The second-order valence-electron chi connectivity index (χ2n) is 8.32. The highest BCUT2D eigenvalue weighted by Gasteiger charge is 2.32. The van der Waals surface area contributed by atoms with Gasteiger partial charge in [-0.2, -0.15) is 4.98 Å². The van der Waals surface area contributed by atoms with Gasteiger partial charge in [0.2, 0.25) is 0 Å². The third-order valence-corrected chi connectivity index (χ3v) is 5.48. The zero-order chi connectivity index (χ0) is 23.1. The molecule has 2 aliphatic rings. The first kappa shape index (κ1) is 24.1. The topological polar surface area (TPSA) is 108 Å². The van der Waals surface area contributed by atoms with Gasteiger partial charge in [0.15, 0.2) is 0 Å². The van der Waals surface area contributed by atoms with E-state index in [4.69, 9.17) is 11.5 Å². The Hall–Kier alpha value is -2.59. The molecule has 0 bridgehead atoms. The average molecular weight is 454 g/mol. The summed E-state index contributed by atoms with van der Waals surface area (Å²) in [5.74, 6) is 0.289. The van der Waals surface area contributed by atoms with E-state index < -0.39 is 12.1 Å². The number of benzene rings is 1. The molecule has 0 unspecified atom stereocenters. The van der Waals surface area contributed by atoms with Gasteiger partial charge in [-0.1, -0.05) is 25.3 Å². The van der Waals surface area contributed by atoms with Crippen molar-refractivity contribution >= 4 is 5.82 Å². The fraction of sp³-hybridized carbons (Fsp3) is 0.545. The van der Waals surface area contributed by atoms with Crippen LogP contribution in [-0.2, 0) is 6.54 Å². The molecule has 0 atom stereocenters. The van der Waals surface area contributed by atoms with Crippen LogP contribution >= 0.6 is 0 Å². The van der Waals surface area contributed by atoms with Gasteiger partial charge >= 0.3 is 12.1 Å². The molecule has 4 rings (SSSR count). The van der Waals surface area contributed by atoms with E-state index in [0.717, 1.165) is 24.0 Å². The summed E-state index contributed by atoms with van der Waals surface area (Å²) in [4.78, 5) is 15.4. The Morgan fingerprint density at radius 2 is 1.84 bits per heavy atom. The Bertz CT molecular complexity index is 938. The Morgan fingerprint density at radius 3 is 2.41 bits per heavy atom. The van der Waals surface area contributed by atoms with E-state index in [2.05, 4.69) is 15.0 Å². The van der Waals surface area contributed by atoms with Crippen LogP contribution < -0.4 is 27.2 Å². The van der Waals surface area contributed by atoms with E-state index >= 15 is 0 Å². The van der Waals surface area contributed by atoms with Crippen molar-refractivity contribution in [2.75, 3.05) is 12.3 Å². The van der Waals surface area contributed by atoms with Crippen molar-refractivity contribution in [2.45, 2.75) is 63.9 Å². The largest absolute Gasteiger partial charge is 0.573 e. The Kier molecular flexibility index (Phi) is 8.14. The second-order valence-corrected chi connectivity index (χ2v) is 8.32. The molecule has 2 aliphatic carbocycles. The molecule has 32 heavy (non-hydrogen) atoms. The third-order valence-electron chi connectivity index (χ3n) is 5.48. The van der Waals surface area contributed by atoms with Crippen LogP contribution in [0.1, 0.15) is 50.5 Å². The Balaban J connectivity index is 0.000000352. The zero-order valence-electron chi connectivity index (χ0n) is 17.9. The minimum atomic E-state index is -4.83. The first-order valence-corrected chi connectivity index (χ1v) is 10.9. The summed E-state index contributed by atoms with van der Waals surface area (Å²) in [6, 6.07) is 6.13. The number of hydrogen-bond donors (Lipinski definition) is 3. The minimum absolute atomic E-state index is 0.0360. The summed E-state index contributed by atoms with van der Waals surface area (Å²) in [6.07, 6.45) is 5.47. The van der Waals surface area contributed by atoms with Crippen molar-refractivity contribution in [1.29, 1.82) is 0 Å². The second kappa shape index (κ2) is 10.8. The molecule has 5 N–H and O–H groups in total. The van der Waals surface area contributed by atoms with Crippen LogP contribution in [0.4, 0.5) is 19.0 Å². The SMILES string of the molecule is NC1CCCCC1.Nc1ccn(-c2ccc(CNCC3CC3)c(OC(F)(F)F)c2)c(=O)n1. The number of nitrogen functional groups attached to an aromatic ring is 1. The van der Waals surface area contributed by atoms with Gasteiger partial charge in [-0.15, -0.1) is 13.2 Å². The molecule has 2 fully saturated rings. The highest BCUT2D eigenvalue weighted by atomic mass is 19.4. The van der Waals surface area contributed by atoms with Crippen LogP contribution in [0.2, 0.25) is 0 Å². The van der Waals surface area contributed by atoms with Gasteiger partial charge in [0, 0.05) is 30.4 Å². The average Bonchev–Trinajstić information content (AvgIpc) is 3.54. The number of rotatable bonds is 6. The van der Waals surface area contributed by atoms with E-state index in [9.17, 15) is 18.0 Å². The lowest BCUT2D eigenvalue weighted by molar-refractivity contribution is -0.274. The van der Waals surface area contributed by atoms with E-state index in [1.807, 2.05) is 0 Å². The lowest BCUT2D eigenvalue weighted by Gasteiger charge is -2.16. The number of hydrogen-bond acceptors (Lipinski definition) is 6. The van der Waals surface area contributed by atoms with Crippen LogP contribution in [0.15, 0.2) is 35.3 Å². The van der Waals surface area contributed by atoms with E-state index in [0.29, 0.717) is 17.5 Å². The molecule has 2 aromatic rings. The number of alkyl halides is 3. The van der Waals surface area contributed by atoms with Crippen LogP contribution in [0.3, 0.4) is 0 Å². The number of nitrogens with one attached hydrogen (secondary N) is 1. The Morgan fingerprint density at radius 1 is 1.12 bits per heavy atom. The molecule has 7 nitrogen and oxygen atoms in total. The summed E-state index contributed by atoms with van der Waals surface area (Å²) in [5.41, 5.74) is 10.9. The summed E-state index contributed by atoms with van der Waals surface area (Å²) >= 11 is 0. The van der Waals surface area contributed by atoms with Gasteiger partial charge in [-0.3, -0.25) is 4.57 Å². The van der Waals surface area contributed by atoms with Crippen molar-refractivity contribution < 1.29 is 17.9 Å². The van der Waals surface area contributed by atoms with Gasteiger partial charge in [-0.05, 0) is 50.3 Å². The number of nitrogens with two attached hydrogens (primary N) is 2. The van der Waals surface area contributed by atoms with Crippen molar-refractivity contribution in [3.05, 3.63) is 46.5 Å². The molecule has 1 aromatic heterocycles. The van der Waals surface area contributed by atoms with Crippen molar-refractivity contribution in [1.82, 2.24) is 14.9 Å². The van der Waals surface area contributed by atoms with Crippen LogP contribution in [-0.4, -0.2) is 28.5 Å². The van der Waals surface area contributed by atoms with Crippen molar-refractivity contribution in [3.8, 4) is 11.4 Å². The standard InChI is InChI=1S/C16H17F3N4O2.C6H13N/c17-16(18,19)25-13-7-12(23-6-5-14(20)22-15(23)24)4-3-11(13)9-21-8-10-1-2-10;7-6-4-2-1-3-5-6/h3-7,10,21H,1-2,8-9H2,(H2,20,22,24);6H,1-5,7H2. The molecule has 0 amide bonds. The van der Waals surface area contributed by atoms with E-state index in [1.54, 1.807) is 0 Å².